The molecule has 0 amide bonds. The Balaban J connectivity index is 1.63. The van der Waals surface area contributed by atoms with Crippen LogP contribution in [0.25, 0.3) is 0 Å². The first-order chi connectivity index (χ1) is 11.1. The molecule has 1 saturated heterocycles. The van der Waals surface area contributed by atoms with Gasteiger partial charge in [0.25, 0.3) is 0 Å². The zero-order chi connectivity index (χ0) is 16.2. The third-order valence-corrected chi connectivity index (χ3v) is 4.97. The van der Waals surface area contributed by atoms with Crippen LogP contribution in [0.1, 0.15) is 35.8 Å². The Morgan fingerprint density at radius 3 is 2.83 bits per heavy atom. The first-order valence-corrected chi connectivity index (χ1v) is 9.03. The Morgan fingerprint density at radius 2 is 2.09 bits per heavy atom. The molecule has 5 nitrogen and oxygen atoms in total. The monoisotopic (exact) mass is 332 g/mol. The number of thiazole rings is 1. The summed E-state index contributed by atoms with van der Waals surface area (Å²) in [6, 6.07) is 5.89. The van der Waals surface area contributed by atoms with E-state index in [0.717, 1.165) is 55.7 Å². The Hall–Kier alpha value is -1.50. The second kappa shape index (κ2) is 7.38. The van der Waals surface area contributed by atoms with E-state index >= 15 is 0 Å². The number of aryl methyl sites for hydroxylation is 1. The number of hydrogen-bond donors (Lipinski definition) is 1. The Labute approximate surface area is 141 Å². The van der Waals surface area contributed by atoms with Crippen LogP contribution < -0.4 is 4.90 Å². The summed E-state index contributed by atoms with van der Waals surface area (Å²) in [5.41, 5.74) is 1.91. The maximum atomic E-state index is 9.72. The van der Waals surface area contributed by atoms with Crippen LogP contribution in [-0.2, 0) is 6.54 Å². The molecule has 124 valence electrons. The molecule has 3 rings (SSSR count). The normalized spacial score (nSPS) is 18.0. The van der Waals surface area contributed by atoms with Crippen molar-refractivity contribution in [2.24, 2.45) is 0 Å². The largest absolute Gasteiger partial charge is 0.387 e. The van der Waals surface area contributed by atoms with Gasteiger partial charge in [-0.2, -0.15) is 0 Å². The maximum absolute atomic E-state index is 9.72. The third-order valence-electron chi connectivity index (χ3n) is 4.15. The number of nitrogens with zero attached hydrogens (tertiary/aromatic N) is 4. The SMILES string of the molecule is Cc1nc(CN2CCCN(c3cccc(C(C)O)n3)CC2)cs1. The smallest absolute Gasteiger partial charge is 0.128 e. The molecule has 0 bridgehead atoms. The minimum Gasteiger partial charge on any atom is -0.387 e. The van der Waals surface area contributed by atoms with E-state index in [1.165, 1.54) is 5.69 Å². The van der Waals surface area contributed by atoms with Gasteiger partial charge in [-0.25, -0.2) is 9.97 Å². The van der Waals surface area contributed by atoms with Gasteiger partial charge in [-0.05, 0) is 32.4 Å². The molecule has 23 heavy (non-hydrogen) atoms. The van der Waals surface area contributed by atoms with Gasteiger partial charge < -0.3 is 10.0 Å². The number of pyridine rings is 1. The fourth-order valence-electron chi connectivity index (χ4n) is 2.92. The van der Waals surface area contributed by atoms with Crippen LogP contribution in [0.4, 0.5) is 5.82 Å². The number of aliphatic hydroxyl groups is 1. The van der Waals surface area contributed by atoms with E-state index in [4.69, 9.17) is 0 Å². The first-order valence-electron chi connectivity index (χ1n) is 8.15. The average Bonchev–Trinajstić information content (AvgIpc) is 2.81. The van der Waals surface area contributed by atoms with E-state index in [-0.39, 0.29) is 0 Å². The quantitative estimate of drug-likeness (QED) is 0.933. The summed E-state index contributed by atoms with van der Waals surface area (Å²) in [4.78, 5) is 13.9. The van der Waals surface area contributed by atoms with E-state index in [9.17, 15) is 5.11 Å². The summed E-state index contributed by atoms with van der Waals surface area (Å²) in [6.07, 6.45) is 0.593. The molecule has 1 atom stereocenters. The lowest BCUT2D eigenvalue weighted by Crippen LogP contribution is -2.31. The lowest BCUT2D eigenvalue weighted by Gasteiger charge is -2.23. The van der Waals surface area contributed by atoms with E-state index in [0.29, 0.717) is 0 Å². The van der Waals surface area contributed by atoms with Gasteiger partial charge in [-0.15, -0.1) is 11.3 Å². The lowest BCUT2D eigenvalue weighted by molar-refractivity contribution is 0.194. The van der Waals surface area contributed by atoms with Gasteiger partial charge in [0, 0.05) is 38.1 Å². The fraction of sp³-hybridized carbons (Fsp3) is 0.529. The summed E-state index contributed by atoms with van der Waals surface area (Å²) in [5.74, 6) is 0.967. The predicted molar refractivity (Wildman–Crippen MR) is 93.8 cm³/mol. The van der Waals surface area contributed by atoms with Crippen LogP contribution in [0.5, 0.6) is 0 Å². The van der Waals surface area contributed by atoms with E-state index < -0.39 is 6.10 Å². The Bertz CT molecular complexity index is 643. The molecule has 3 heterocycles. The summed E-state index contributed by atoms with van der Waals surface area (Å²) >= 11 is 1.72. The van der Waals surface area contributed by atoms with Crippen LogP contribution in [0.3, 0.4) is 0 Å². The number of rotatable bonds is 4. The van der Waals surface area contributed by atoms with Gasteiger partial charge in [-0.3, -0.25) is 4.90 Å². The average molecular weight is 332 g/mol. The van der Waals surface area contributed by atoms with Gasteiger partial charge in [0.2, 0.25) is 0 Å². The van der Waals surface area contributed by atoms with Crippen molar-refractivity contribution in [3.8, 4) is 0 Å². The molecule has 0 saturated carbocycles. The molecule has 6 heteroatoms. The van der Waals surface area contributed by atoms with Crippen molar-refractivity contribution in [2.75, 3.05) is 31.1 Å². The van der Waals surface area contributed by atoms with Gasteiger partial charge in [-0.1, -0.05) is 6.07 Å². The first kappa shape index (κ1) is 16.4. The van der Waals surface area contributed by atoms with Crippen LogP contribution in [0.2, 0.25) is 0 Å². The standard InChI is InChI=1S/C17H24N4OS/c1-13(22)16-5-3-6-17(19-16)21-8-4-7-20(9-10-21)11-15-12-23-14(2)18-15/h3,5-6,12-13,22H,4,7-11H2,1-2H3. The Kier molecular flexibility index (Phi) is 5.25. The number of aliphatic hydroxyl groups excluding tert-OH is 1. The van der Waals surface area contributed by atoms with Crippen molar-refractivity contribution in [3.63, 3.8) is 0 Å². The van der Waals surface area contributed by atoms with Crippen LogP contribution in [-0.4, -0.2) is 46.2 Å². The zero-order valence-electron chi connectivity index (χ0n) is 13.8. The minimum atomic E-state index is -0.522. The van der Waals surface area contributed by atoms with Gasteiger partial charge in [0.15, 0.2) is 0 Å². The maximum Gasteiger partial charge on any atom is 0.128 e. The highest BCUT2D eigenvalue weighted by molar-refractivity contribution is 7.09. The summed E-state index contributed by atoms with van der Waals surface area (Å²) in [5, 5.41) is 13.0. The number of aromatic nitrogens is 2. The predicted octanol–water partition coefficient (Wildman–Crippen LogP) is 2.61. The van der Waals surface area contributed by atoms with Gasteiger partial charge >= 0.3 is 0 Å². The van der Waals surface area contributed by atoms with Gasteiger partial charge in [0.05, 0.1) is 22.5 Å². The molecule has 0 aromatic carbocycles. The van der Waals surface area contributed by atoms with E-state index in [1.807, 2.05) is 18.2 Å². The lowest BCUT2D eigenvalue weighted by atomic mass is 10.2. The molecule has 0 radical (unpaired) electrons. The second-order valence-corrected chi connectivity index (χ2v) is 7.13. The van der Waals surface area contributed by atoms with Crippen molar-refractivity contribution in [3.05, 3.63) is 40.0 Å². The molecule has 2 aromatic heterocycles. The molecule has 1 unspecified atom stereocenters. The second-order valence-electron chi connectivity index (χ2n) is 6.07. The van der Waals surface area contributed by atoms with Crippen molar-refractivity contribution in [2.45, 2.75) is 32.9 Å². The van der Waals surface area contributed by atoms with Crippen molar-refractivity contribution < 1.29 is 5.11 Å². The van der Waals surface area contributed by atoms with Crippen LogP contribution >= 0.6 is 11.3 Å². The molecule has 1 fully saturated rings. The van der Waals surface area contributed by atoms with Crippen LogP contribution in [0, 0.1) is 6.92 Å². The van der Waals surface area contributed by atoms with Crippen molar-refractivity contribution in [1.82, 2.24) is 14.9 Å². The van der Waals surface area contributed by atoms with Crippen molar-refractivity contribution in [1.29, 1.82) is 0 Å². The molecular weight excluding hydrogens is 308 g/mol. The summed E-state index contributed by atoms with van der Waals surface area (Å²) in [7, 11) is 0. The zero-order valence-corrected chi connectivity index (χ0v) is 14.6. The molecular formula is C17H24N4OS. The molecule has 1 N–H and O–H groups in total. The molecule has 0 aliphatic carbocycles. The highest BCUT2D eigenvalue weighted by Gasteiger charge is 2.17. The Morgan fingerprint density at radius 1 is 1.22 bits per heavy atom. The molecule has 1 aliphatic rings. The number of hydrogen-bond acceptors (Lipinski definition) is 6. The fourth-order valence-corrected chi connectivity index (χ4v) is 3.52. The highest BCUT2D eigenvalue weighted by Crippen LogP contribution is 2.18. The van der Waals surface area contributed by atoms with Crippen LogP contribution in [0.15, 0.2) is 23.6 Å². The van der Waals surface area contributed by atoms with E-state index in [1.54, 1.807) is 18.3 Å². The summed E-state index contributed by atoms with van der Waals surface area (Å²) in [6.45, 7) is 8.80. The van der Waals surface area contributed by atoms with E-state index in [2.05, 4.69) is 32.1 Å². The van der Waals surface area contributed by atoms with Crippen molar-refractivity contribution >= 4 is 17.2 Å². The third kappa shape index (κ3) is 4.28. The minimum absolute atomic E-state index is 0.522. The van der Waals surface area contributed by atoms with Gasteiger partial charge in [0.1, 0.15) is 5.82 Å². The molecule has 1 aliphatic heterocycles. The molecule has 2 aromatic rings. The summed E-state index contributed by atoms with van der Waals surface area (Å²) < 4.78 is 0. The number of anilines is 1. The molecule has 0 spiro atoms. The highest BCUT2D eigenvalue weighted by atomic mass is 32.1. The topological polar surface area (TPSA) is 52.5 Å².